The summed E-state index contributed by atoms with van der Waals surface area (Å²) in [6.07, 6.45) is 2.73. The van der Waals surface area contributed by atoms with E-state index in [1.807, 2.05) is 13.8 Å². The Morgan fingerprint density at radius 1 is 1.53 bits per heavy atom. The van der Waals surface area contributed by atoms with Crippen LogP contribution in [-0.2, 0) is 16.4 Å². The van der Waals surface area contributed by atoms with E-state index in [9.17, 15) is 8.42 Å². The highest BCUT2D eigenvalue weighted by atomic mass is 32.2. The maximum absolute atomic E-state index is 11.2. The SMILES string of the molecule is CC(C)(Cn1cnc(N)n1)CS(C)(=O)=O. The molecule has 0 amide bonds. The van der Waals surface area contributed by atoms with Crippen LogP contribution in [0.5, 0.6) is 0 Å². The van der Waals surface area contributed by atoms with E-state index in [1.54, 1.807) is 4.68 Å². The van der Waals surface area contributed by atoms with Gasteiger partial charge in [0.2, 0.25) is 5.95 Å². The number of anilines is 1. The number of hydrogen-bond acceptors (Lipinski definition) is 5. The highest BCUT2D eigenvalue weighted by Crippen LogP contribution is 2.19. The van der Waals surface area contributed by atoms with Crippen molar-refractivity contribution in [3.8, 4) is 0 Å². The van der Waals surface area contributed by atoms with Gasteiger partial charge in [-0.1, -0.05) is 13.8 Å². The van der Waals surface area contributed by atoms with E-state index in [0.717, 1.165) is 0 Å². The van der Waals surface area contributed by atoms with E-state index < -0.39 is 9.84 Å². The summed E-state index contributed by atoms with van der Waals surface area (Å²) in [7, 11) is -2.99. The van der Waals surface area contributed by atoms with Crippen LogP contribution in [0.4, 0.5) is 5.95 Å². The molecule has 15 heavy (non-hydrogen) atoms. The van der Waals surface area contributed by atoms with Crippen molar-refractivity contribution in [1.82, 2.24) is 14.8 Å². The molecule has 0 unspecified atom stereocenters. The van der Waals surface area contributed by atoms with Gasteiger partial charge in [-0.2, -0.15) is 0 Å². The summed E-state index contributed by atoms with van der Waals surface area (Å²) in [4.78, 5) is 3.78. The van der Waals surface area contributed by atoms with Crippen molar-refractivity contribution in [3.05, 3.63) is 6.33 Å². The monoisotopic (exact) mass is 232 g/mol. The molecule has 0 radical (unpaired) electrons. The number of sulfone groups is 1. The molecule has 1 aromatic heterocycles. The first-order chi connectivity index (χ1) is 6.68. The van der Waals surface area contributed by atoms with Crippen LogP contribution in [0, 0.1) is 5.41 Å². The summed E-state index contributed by atoms with van der Waals surface area (Å²) in [5, 5.41) is 3.91. The fourth-order valence-corrected chi connectivity index (χ4v) is 3.09. The molecule has 86 valence electrons. The van der Waals surface area contributed by atoms with Gasteiger partial charge in [0.05, 0.1) is 5.75 Å². The van der Waals surface area contributed by atoms with Crippen molar-refractivity contribution in [2.45, 2.75) is 20.4 Å². The van der Waals surface area contributed by atoms with Gasteiger partial charge in [0.1, 0.15) is 16.2 Å². The Hall–Kier alpha value is -1.11. The highest BCUT2D eigenvalue weighted by molar-refractivity contribution is 7.90. The van der Waals surface area contributed by atoms with Gasteiger partial charge in [-0.3, -0.25) is 4.68 Å². The zero-order chi connectivity index (χ0) is 11.7. The molecule has 0 bridgehead atoms. The van der Waals surface area contributed by atoms with E-state index in [2.05, 4.69) is 10.1 Å². The lowest BCUT2D eigenvalue weighted by Crippen LogP contribution is -2.28. The zero-order valence-electron chi connectivity index (χ0n) is 9.14. The first-order valence-electron chi connectivity index (χ1n) is 4.51. The van der Waals surface area contributed by atoms with Gasteiger partial charge in [0.15, 0.2) is 0 Å². The van der Waals surface area contributed by atoms with Crippen LogP contribution in [-0.4, -0.2) is 35.2 Å². The number of nitrogen functional groups attached to an aromatic ring is 1. The lowest BCUT2D eigenvalue weighted by Gasteiger charge is -2.22. The van der Waals surface area contributed by atoms with Crippen molar-refractivity contribution < 1.29 is 8.42 Å². The minimum absolute atomic E-state index is 0.111. The molecule has 0 fully saturated rings. The minimum Gasteiger partial charge on any atom is -0.367 e. The molecule has 1 aromatic rings. The van der Waals surface area contributed by atoms with Gasteiger partial charge in [0, 0.05) is 12.8 Å². The maximum Gasteiger partial charge on any atom is 0.239 e. The predicted molar refractivity (Wildman–Crippen MR) is 57.9 cm³/mol. The second-order valence-electron chi connectivity index (χ2n) is 4.53. The van der Waals surface area contributed by atoms with Crippen molar-refractivity contribution in [3.63, 3.8) is 0 Å². The van der Waals surface area contributed by atoms with Gasteiger partial charge in [-0.25, -0.2) is 13.4 Å². The normalized spacial score (nSPS) is 13.0. The second kappa shape index (κ2) is 3.80. The minimum atomic E-state index is -2.99. The van der Waals surface area contributed by atoms with Crippen LogP contribution in [0.25, 0.3) is 0 Å². The lowest BCUT2D eigenvalue weighted by atomic mass is 9.97. The third-order valence-corrected chi connectivity index (χ3v) is 3.10. The van der Waals surface area contributed by atoms with Gasteiger partial charge in [0.25, 0.3) is 0 Å². The molecular weight excluding hydrogens is 216 g/mol. The van der Waals surface area contributed by atoms with Crippen LogP contribution >= 0.6 is 0 Å². The fourth-order valence-electron chi connectivity index (χ4n) is 1.58. The van der Waals surface area contributed by atoms with Gasteiger partial charge < -0.3 is 5.73 Å². The third kappa shape index (κ3) is 4.28. The first kappa shape index (κ1) is 12.0. The Bertz CT molecular complexity index is 435. The van der Waals surface area contributed by atoms with E-state index >= 15 is 0 Å². The van der Waals surface area contributed by atoms with E-state index in [-0.39, 0.29) is 17.1 Å². The van der Waals surface area contributed by atoms with Crippen molar-refractivity contribution in [1.29, 1.82) is 0 Å². The van der Waals surface area contributed by atoms with E-state index in [0.29, 0.717) is 6.54 Å². The number of aromatic nitrogens is 3. The Balaban J connectivity index is 2.72. The zero-order valence-corrected chi connectivity index (χ0v) is 9.95. The van der Waals surface area contributed by atoms with Gasteiger partial charge >= 0.3 is 0 Å². The molecule has 1 heterocycles. The molecule has 0 aromatic carbocycles. The summed E-state index contributed by atoms with van der Waals surface area (Å²) in [6, 6.07) is 0. The topological polar surface area (TPSA) is 90.9 Å². The largest absolute Gasteiger partial charge is 0.367 e. The smallest absolute Gasteiger partial charge is 0.239 e. The Kier molecular flexibility index (Phi) is 3.03. The fraction of sp³-hybridized carbons (Fsp3) is 0.750. The van der Waals surface area contributed by atoms with Crippen LogP contribution in [0.2, 0.25) is 0 Å². The molecule has 1 rings (SSSR count). The summed E-state index contributed by atoms with van der Waals surface area (Å²) >= 11 is 0. The molecule has 0 saturated carbocycles. The van der Waals surface area contributed by atoms with Crippen LogP contribution in [0.3, 0.4) is 0 Å². The van der Waals surface area contributed by atoms with Crippen molar-refractivity contribution in [2.24, 2.45) is 5.41 Å². The molecule has 6 nitrogen and oxygen atoms in total. The predicted octanol–water partition coefficient (Wildman–Crippen LogP) is -0.0689. The van der Waals surface area contributed by atoms with Crippen LogP contribution in [0.15, 0.2) is 6.33 Å². The van der Waals surface area contributed by atoms with Crippen LogP contribution < -0.4 is 5.73 Å². The molecule has 0 saturated heterocycles. The average molecular weight is 232 g/mol. The van der Waals surface area contributed by atoms with Gasteiger partial charge in [-0.05, 0) is 5.41 Å². The Morgan fingerprint density at radius 3 is 2.53 bits per heavy atom. The summed E-state index contributed by atoms with van der Waals surface area (Å²) in [5.74, 6) is 0.310. The maximum atomic E-state index is 11.2. The molecule has 0 aliphatic carbocycles. The number of nitrogens with two attached hydrogens (primary N) is 1. The van der Waals surface area contributed by atoms with Crippen molar-refractivity contribution >= 4 is 15.8 Å². The molecular formula is C8H16N4O2S. The second-order valence-corrected chi connectivity index (χ2v) is 6.67. The summed E-state index contributed by atoms with van der Waals surface area (Å²) < 4.78 is 23.9. The molecule has 2 N–H and O–H groups in total. The van der Waals surface area contributed by atoms with E-state index in [1.165, 1.54) is 12.6 Å². The highest BCUT2D eigenvalue weighted by Gasteiger charge is 2.24. The number of nitrogens with zero attached hydrogens (tertiary/aromatic N) is 3. The van der Waals surface area contributed by atoms with E-state index in [4.69, 9.17) is 5.73 Å². The first-order valence-corrected chi connectivity index (χ1v) is 6.57. The van der Waals surface area contributed by atoms with Crippen molar-refractivity contribution in [2.75, 3.05) is 17.7 Å². The lowest BCUT2D eigenvalue weighted by molar-refractivity contribution is 0.327. The molecule has 0 atom stereocenters. The van der Waals surface area contributed by atoms with Crippen LogP contribution in [0.1, 0.15) is 13.8 Å². The third-order valence-electron chi connectivity index (χ3n) is 1.80. The molecule has 0 aliphatic heterocycles. The average Bonchev–Trinajstić information content (AvgIpc) is 2.27. The molecule has 7 heteroatoms. The summed E-state index contributed by atoms with van der Waals surface area (Å²) in [6.45, 7) is 4.21. The number of rotatable bonds is 4. The summed E-state index contributed by atoms with van der Waals surface area (Å²) in [5.41, 5.74) is 4.98. The standard InChI is InChI=1S/C8H16N4O2S/c1-8(2,5-15(3,13)14)4-12-6-10-7(9)11-12/h6H,4-5H2,1-3H3,(H2,9,11). The Morgan fingerprint density at radius 2 is 2.13 bits per heavy atom. The molecule has 0 spiro atoms. The quantitative estimate of drug-likeness (QED) is 0.784. The molecule has 0 aliphatic rings. The Labute approximate surface area is 89.4 Å². The van der Waals surface area contributed by atoms with Gasteiger partial charge in [-0.15, -0.1) is 5.10 Å². The number of hydrogen-bond donors (Lipinski definition) is 1.